The first-order valence-corrected chi connectivity index (χ1v) is 4.06. The molecular weight excluding hydrogens is 168 g/mol. The van der Waals surface area contributed by atoms with Crippen LogP contribution < -0.4 is 4.83 Å². The maximum Gasteiger partial charge on any atom is 0.292 e. The average Bonchev–Trinajstić information content (AvgIpc) is 2.05. The zero-order chi connectivity index (χ0) is 8.27. The van der Waals surface area contributed by atoms with Crippen molar-refractivity contribution in [3.63, 3.8) is 0 Å². The number of hydrazine groups is 1. The first-order valence-electron chi connectivity index (χ1n) is 3.08. The smallest absolute Gasteiger partial charge is 0.292 e. The van der Waals surface area contributed by atoms with Crippen molar-refractivity contribution in [2.24, 2.45) is 0 Å². The minimum atomic E-state index is -0.402. The first-order chi connectivity index (χ1) is 5.29. The van der Waals surface area contributed by atoms with Gasteiger partial charge in [-0.15, -0.1) is 10.0 Å². The monoisotopic (exact) mass is 178 g/mol. The molecule has 0 aromatic rings. The minimum absolute atomic E-state index is 0.200. The largest absolute Gasteiger partial charge is 0.371 e. The van der Waals surface area contributed by atoms with Gasteiger partial charge in [0.15, 0.2) is 0 Å². The Hall–Kier alpha value is -0.300. The molecule has 1 saturated heterocycles. The minimum Gasteiger partial charge on any atom is -0.371 e. The molecule has 0 aliphatic carbocycles. The summed E-state index contributed by atoms with van der Waals surface area (Å²) in [6.07, 6.45) is -0.402. The number of nitrogens with one attached hydrogen (secondary N) is 1. The molecule has 1 heterocycles. The predicted molar refractivity (Wildman–Crippen MR) is 40.2 cm³/mol. The Morgan fingerprint density at radius 1 is 1.73 bits per heavy atom. The fourth-order valence-electron chi connectivity index (χ4n) is 0.715. The Labute approximate surface area is 69.1 Å². The van der Waals surface area contributed by atoms with E-state index < -0.39 is 6.10 Å². The van der Waals surface area contributed by atoms with Crippen molar-refractivity contribution < 1.29 is 14.4 Å². The number of carbonyl (C=O) groups is 1. The van der Waals surface area contributed by atoms with Crippen LogP contribution in [0.3, 0.4) is 0 Å². The first kappa shape index (κ1) is 8.79. The van der Waals surface area contributed by atoms with Gasteiger partial charge in [-0.3, -0.25) is 9.63 Å². The third-order valence-corrected chi connectivity index (χ3v) is 2.09. The average molecular weight is 178 g/mol. The van der Waals surface area contributed by atoms with Crippen molar-refractivity contribution in [2.75, 3.05) is 20.0 Å². The van der Waals surface area contributed by atoms with E-state index in [4.69, 9.17) is 9.57 Å². The van der Waals surface area contributed by atoms with E-state index in [1.165, 1.54) is 26.2 Å². The van der Waals surface area contributed by atoms with Crippen molar-refractivity contribution in [3.8, 4) is 0 Å². The number of hydroxylamine groups is 1. The van der Waals surface area contributed by atoms with Crippen molar-refractivity contribution in [1.29, 1.82) is 0 Å². The lowest BCUT2D eigenvalue weighted by atomic mass is 10.4. The maximum absolute atomic E-state index is 11.2. The predicted octanol–water partition coefficient (Wildman–Crippen LogP) is -0.442. The Morgan fingerprint density at radius 3 is 3.00 bits per heavy atom. The van der Waals surface area contributed by atoms with Gasteiger partial charge in [-0.1, -0.05) is 11.9 Å². The van der Waals surface area contributed by atoms with E-state index in [0.717, 1.165) is 5.17 Å². The number of carbonyl (C=O) groups excluding carboxylic acids is 1. The molecule has 0 aromatic carbocycles. The lowest BCUT2D eigenvalue weighted by Crippen LogP contribution is -2.50. The number of ether oxygens (including phenoxy) is 1. The molecule has 0 spiro atoms. The molecule has 1 amide bonds. The molecule has 1 aliphatic rings. The lowest BCUT2D eigenvalue weighted by Gasteiger charge is -2.28. The van der Waals surface area contributed by atoms with Crippen LogP contribution in [0, 0.1) is 0 Å². The van der Waals surface area contributed by atoms with Crippen molar-refractivity contribution in [1.82, 2.24) is 10.0 Å². The molecule has 6 heteroatoms. The summed E-state index contributed by atoms with van der Waals surface area (Å²) < 4.78 is 4.90. The fourth-order valence-corrected chi connectivity index (χ4v) is 1.50. The SMILES string of the molecule is COC1CSNN(OC)C1=O. The van der Waals surface area contributed by atoms with E-state index in [1.54, 1.807) is 0 Å². The summed E-state index contributed by atoms with van der Waals surface area (Å²) in [5, 5.41) is 1.06. The van der Waals surface area contributed by atoms with Gasteiger partial charge in [0.2, 0.25) is 0 Å². The van der Waals surface area contributed by atoms with E-state index in [0.29, 0.717) is 5.75 Å². The van der Waals surface area contributed by atoms with Gasteiger partial charge >= 0.3 is 0 Å². The van der Waals surface area contributed by atoms with Crippen molar-refractivity contribution >= 4 is 17.9 Å². The molecule has 0 radical (unpaired) electrons. The second-order valence-corrected chi connectivity index (χ2v) is 2.75. The summed E-state index contributed by atoms with van der Waals surface area (Å²) in [5.74, 6) is 0.406. The molecule has 1 unspecified atom stereocenters. The van der Waals surface area contributed by atoms with Gasteiger partial charge in [0.25, 0.3) is 5.91 Å². The second kappa shape index (κ2) is 3.91. The van der Waals surface area contributed by atoms with Gasteiger partial charge in [-0.25, -0.2) is 0 Å². The van der Waals surface area contributed by atoms with Gasteiger partial charge in [-0.2, -0.15) is 0 Å². The number of hydrogen-bond donors (Lipinski definition) is 1. The highest BCUT2D eigenvalue weighted by Gasteiger charge is 2.29. The van der Waals surface area contributed by atoms with E-state index in [-0.39, 0.29) is 5.91 Å². The number of rotatable bonds is 2. The molecule has 11 heavy (non-hydrogen) atoms. The maximum atomic E-state index is 11.2. The zero-order valence-electron chi connectivity index (χ0n) is 6.36. The number of hydrogen-bond acceptors (Lipinski definition) is 5. The van der Waals surface area contributed by atoms with E-state index in [2.05, 4.69) is 4.83 Å². The van der Waals surface area contributed by atoms with E-state index >= 15 is 0 Å². The van der Waals surface area contributed by atoms with Crippen LogP contribution >= 0.6 is 11.9 Å². The van der Waals surface area contributed by atoms with Gasteiger partial charge in [0.1, 0.15) is 6.10 Å². The van der Waals surface area contributed by atoms with Crippen LogP contribution in [0.5, 0.6) is 0 Å². The molecular formula is C5H10N2O3S. The summed E-state index contributed by atoms with van der Waals surface area (Å²) in [4.78, 5) is 18.6. The molecule has 0 bridgehead atoms. The van der Waals surface area contributed by atoms with Gasteiger partial charge in [0, 0.05) is 12.9 Å². The molecule has 1 atom stereocenters. The standard InChI is InChI=1S/C5H10N2O3S/c1-9-4-3-11-6-7(10-2)5(4)8/h4,6H,3H2,1-2H3. The molecule has 1 fully saturated rings. The van der Waals surface area contributed by atoms with Crippen LogP contribution in [0.4, 0.5) is 0 Å². The normalized spacial score (nSPS) is 25.8. The quantitative estimate of drug-likeness (QED) is 0.581. The van der Waals surface area contributed by atoms with Crippen LogP contribution in [0.2, 0.25) is 0 Å². The highest BCUT2D eigenvalue weighted by atomic mass is 32.2. The Bertz CT molecular complexity index is 141. The molecule has 1 rings (SSSR count). The van der Waals surface area contributed by atoms with Crippen molar-refractivity contribution in [2.45, 2.75) is 6.10 Å². The van der Waals surface area contributed by atoms with Crippen LogP contribution in [-0.2, 0) is 14.4 Å². The molecule has 5 nitrogen and oxygen atoms in total. The van der Waals surface area contributed by atoms with E-state index in [9.17, 15) is 4.79 Å². The molecule has 64 valence electrons. The third-order valence-electron chi connectivity index (χ3n) is 1.32. The number of amides is 1. The van der Waals surface area contributed by atoms with Crippen LogP contribution in [0.1, 0.15) is 0 Å². The highest BCUT2D eigenvalue weighted by molar-refractivity contribution is 7.97. The Morgan fingerprint density at radius 2 is 2.45 bits per heavy atom. The molecule has 1 N–H and O–H groups in total. The second-order valence-electron chi connectivity index (χ2n) is 1.94. The third kappa shape index (κ3) is 1.84. The molecule has 0 aromatic heterocycles. The summed E-state index contributed by atoms with van der Waals surface area (Å²) >= 11 is 1.37. The summed E-state index contributed by atoms with van der Waals surface area (Å²) in [6.45, 7) is 0. The van der Waals surface area contributed by atoms with Gasteiger partial charge in [0.05, 0.1) is 7.11 Å². The Kier molecular flexibility index (Phi) is 3.13. The zero-order valence-corrected chi connectivity index (χ0v) is 7.18. The summed E-state index contributed by atoms with van der Waals surface area (Å²) in [7, 11) is 2.92. The van der Waals surface area contributed by atoms with Gasteiger partial charge < -0.3 is 4.74 Å². The number of nitrogens with zero attached hydrogens (tertiary/aromatic N) is 1. The molecule has 1 aliphatic heterocycles. The Balaban J connectivity index is 2.52. The van der Waals surface area contributed by atoms with E-state index in [1.807, 2.05) is 0 Å². The lowest BCUT2D eigenvalue weighted by molar-refractivity contribution is -0.194. The molecule has 0 saturated carbocycles. The topological polar surface area (TPSA) is 50.8 Å². The number of methoxy groups -OCH3 is 1. The fraction of sp³-hybridized carbons (Fsp3) is 0.800. The van der Waals surface area contributed by atoms with Crippen molar-refractivity contribution in [3.05, 3.63) is 0 Å². The summed E-state index contributed by atoms with van der Waals surface area (Å²) in [6, 6.07) is 0. The van der Waals surface area contributed by atoms with Crippen LogP contribution in [0.25, 0.3) is 0 Å². The summed E-state index contributed by atoms with van der Waals surface area (Å²) in [5.41, 5.74) is 0. The van der Waals surface area contributed by atoms with Crippen LogP contribution in [0.15, 0.2) is 0 Å². The van der Waals surface area contributed by atoms with Crippen LogP contribution in [-0.4, -0.2) is 37.2 Å². The van der Waals surface area contributed by atoms with Gasteiger partial charge in [-0.05, 0) is 0 Å². The highest BCUT2D eigenvalue weighted by Crippen LogP contribution is 2.11.